The number of rotatable bonds is 5. The van der Waals surface area contributed by atoms with Crippen LogP contribution in [-0.2, 0) is 17.8 Å². The number of carboxylic acids is 1. The quantitative estimate of drug-likeness (QED) is 0.582. The summed E-state index contributed by atoms with van der Waals surface area (Å²) in [4.78, 5) is 37.8. The number of carbonyl (C=O) groups is 3. The molecule has 0 atom stereocenters. The van der Waals surface area contributed by atoms with Gasteiger partial charge in [-0.15, -0.1) is 11.3 Å². The molecule has 0 radical (unpaired) electrons. The van der Waals surface area contributed by atoms with Gasteiger partial charge >= 0.3 is 5.97 Å². The summed E-state index contributed by atoms with van der Waals surface area (Å²) in [6.45, 7) is -0.0620. The van der Waals surface area contributed by atoms with Gasteiger partial charge in [-0.1, -0.05) is 29.8 Å². The third-order valence-electron chi connectivity index (χ3n) is 4.58. The van der Waals surface area contributed by atoms with Gasteiger partial charge in [0.25, 0.3) is 5.91 Å². The number of anilines is 1. The molecule has 2 aromatic carbocycles. The first kappa shape index (κ1) is 20.1. The molecule has 1 aliphatic rings. The highest BCUT2D eigenvalue weighted by molar-refractivity contribution is 7.12. The number of ether oxygens (including phenoxy) is 1. The fourth-order valence-electron chi connectivity index (χ4n) is 3.16. The van der Waals surface area contributed by atoms with Crippen LogP contribution in [0.25, 0.3) is 0 Å². The zero-order chi connectivity index (χ0) is 21.4. The Hall–Kier alpha value is -3.23. The van der Waals surface area contributed by atoms with Crippen LogP contribution in [0.15, 0.2) is 47.8 Å². The molecule has 4 rings (SSSR count). The molecular formula is C21H13ClFNO5S. The zero-order valence-electron chi connectivity index (χ0n) is 15.2. The molecule has 0 aliphatic carbocycles. The number of imide groups is 1. The highest BCUT2D eigenvalue weighted by atomic mass is 35.5. The van der Waals surface area contributed by atoms with Crippen LogP contribution in [0.3, 0.4) is 0 Å². The lowest BCUT2D eigenvalue weighted by Crippen LogP contribution is -2.42. The van der Waals surface area contributed by atoms with E-state index in [1.807, 2.05) is 0 Å². The van der Waals surface area contributed by atoms with E-state index in [9.17, 15) is 23.9 Å². The van der Waals surface area contributed by atoms with Crippen LogP contribution in [0.1, 0.15) is 31.2 Å². The number of carbonyl (C=O) groups excluding carboxylic acids is 2. The van der Waals surface area contributed by atoms with Crippen LogP contribution >= 0.6 is 22.9 Å². The number of carboxylic acid groups (broad SMARTS) is 1. The highest BCUT2D eigenvalue weighted by Crippen LogP contribution is 2.36. The lowest BCUT2D eigenvalue weighted by atomic mass is 10.0. The minimum absolute atomic E-state index is 0.0131. The molecule has 2 amide bonds. The number of hydrogen-bond donors (Lipinski definition) is 1. The number of hydrogen-bond acceptors (Lipinski definition) is 5. The number of benzene rings is 2. The summed E-state index contributed by atoms with van der Waals surface area (Å²) in [6.07, 6.45) is -0.124. The fraction of sp³-hybridized carbons (Fsp3) is 0.0952. The van der Waals surface area contributed by atoms with E-state index >= 15 is 0 Å². The van der Waals surface area contributed by atoms with E-state index in [4.69, 9.17) is 16.3 Å². The maximum Gasteiger partial charge on any atom is 0.346 e. The minimum Gasteiger partial charge on any atom is -0.489 e. The predicted molar refractivity (Wildman–Crippen MR) is 109 cm³/mol. The molecule has 152 valence electrons. The number of aromatic carboxylic acids is 1. The van der Waals surface area contributed by atoms with Gasteiger partial charge < -0.3 is 9.84 Å². The average Bonchev–Trinajstić information content (AvgIpc) is 3.13. The largest absolute Gasteiger partial charge is 0.489 e. The van der Waals surface area contributed by atoms with Crippen LogP contribution in [-0.4, -0.2) is 22.9 Å². The molecule has 0 saturated carbocycles. The third kappa shape index (κ3) is 3.55. The number of nitrogens with zero attached hydrogens (tertiary/aromatic N) is 1. The monoisotopic (exact) mass is 445 g/mol. The van der Waals surface area contributed by atoms with Gasteiger partial charge in [0.15, 0.2) is 0 Å². The van der Waals surface area contributed by atoms with Crippen LogP contribution in [0, 0.1) is 5.82 Å². The number of thiophene rings is 1. The van der Waals surface area contributed by atoms with Crippen LogP contribution in [0.5, 0.6) is 5.75 Å². The second-order valence-electron chi connectivity index (χ2n) is 6.47. The summed E-state index contributed by atoms with van der Waals surface area (Å²) >= 11 is 7.13. The van der Waals surface area contributed by atoms with Crippen molar-refractivity contribution in [1.29, 1.82) is 0 Å². The fourth-order valence-corrected chi connectivity index (χ4v) is 4.26. The lowest BCUT2D eigenvalue weighted by molar-refractivity contribution is -0.117. The summed E-state index contributed by atoms with van der Waals surface area (Å²) < 4.78 is 19.4. The molecule has 0 unspecified atom stereocenters. The highest BCUT2D eigenvalue weighted by Gasteiger charge is 2.37. The Bertz CT molecular complexity index is 1190. The van der Waals surface area contributed by atoms with Gasteiger partial charge in [0.1, 0.15) is 23.1 Å². The summed E-state index contributed by atoms with van der Waals surface area (Å²) in [6, 6.07) is 10.5. The summed E-state index contributed by atoms with van der Waals surface area (Å²) in [5.41, 5.74) is 0.784. The molecule has 9 heteroatoms. The summed E-state index contributed by atoms with van der Waals surface area (Å²) in [5.74, 6) is -2.67. The maximum atomic E-state index is 13.8. The van der Waals surface area contributed by atoms with Crippen molar-refractivity contribution in [2.24, 2.45) is 0 Å². The molecule has 30 heavy (non-hydrogen) atoms. The first-order valence-electron chi connectivity index (χ1n) is 8.73. The van der Waals surface area contributed by atoms with Gasteiger partial charge in [0.05, 0.1) is 22.7 Å². The smallest absolute Gasteiger partial charge is 0.346 e. The normalized spacial score (nSPS) is 13.3. The Labute approximate surface area is 179 Å². The molecule has 0 saturated heterocycles. The van der Waals surface area contributed by atoms with Gasteiger partial charge in [-0.3, -0.25) is 9.59 Å². The van der Waals surface area contributed by atoms with E-state index in [2.05, 4.69) is 0 Å². The predicted octanol–water partition coefficient (Wildman–Crippen LogP) is 4.55. The van der Waals surface area contributed by atoms with Crippen LogP contribution in [0.2, 0.25) is 5.02 Å². The van der Waals surface area contributed by atoms with Crippen molar-refractivity contribution >= 4 is 46.4 Å². The molecule has 0 spiro atoms. The van der Waals surface area contributed by atoms with Crippen molar-refractivity contribution in [3.05, 3.63) is 80.3 Å². The topological polar surface area (TPSA) is 83.9 Å². The third-order valence-corrected chi connectivity index (χ3v) is 5.92. The maximum absolute atomic E-state index is 13.8. The molecule has 1 aliphatic heterocycles. The van der Waals surface area contributed by atoms with Crippen LogP contribution < -0.4 is 9.64 Å². The second kappa shape index (κ2) is 7.89. The zero-order valence-corrected chi connectivity index (χ0v) is 16.8. The molecular weight excluding hydrogens is 433 g/mol. The summed E-state index contributed by atoms with van der Waals surface area (Å²) in [7, 11) is 0. The molecule has 3 aromatic rings. The van der Waals surface area contributed by atoms with E-state index < -0.39 is 23.6 Å². The van der Waals surface area contributed by atoms with E-state index in [1.165, 1.54) is 29.6 Å². The van der Waals surface area contributed by atoms with Crippen molar-refractivity contribution in [1.82, 2.24) is 0 Å². The Morgan fingerprint density at radius 1 is 1.23 bits per heavy atom. The Balaban J connectivity index is 1.66. The van der Waals surface area contributed by atoms with Crippen LogP contribution in [0.4, 0.5) is 10.1 Å². The standard InChI is InChI=1S/C21H13ClFNO5S/c22-14-6-5-13(29-9-11-3-1-2-4-15(11)23)8-16(14)24-17(25)7-12-10-30-19(21(27)28)18(12)20(24)26/h1-6,8,10H,7,9H2,(H,27,28). The molecule has 1 aromatic heterocycles. The molecule has 0 bridgehead atoms. The Morgan fingerprint density at radius 3 is 2.73 bits per heavy atom. The van der Waals surface area contributed by atoms with Crippen molar-refractivity contribution < 1.29 is 28.6 Å². The van der Waals surface area contributed by atoms with E-state index in [1.54, 1.807) is 18.2 Å². The number of amides is 2. The van der Waals surface area contributed by atoms with Crippen molar-refractivity contribution in [3.8, 4) is 5.75 Å². The van der Waals surface area contributed by atoms with Gasteiger partial charge in [-0.2, -0.15) is 0 Å². The molecule has 0 fully saturated rings. The average molecular weight is 446 g/mol. The van der Waals surface area contributed by atoms with E-state index in [0.717, 1.165) is 16.2 Å². The van der Waals surface area contributed by atoms with Gasteiger partial charge in [-0.25, -0.2) is 14.1 Å². The van der Waals surface area contributed by atoms with Gasteiger partial charge in [-0.05, 0) is 29.1 Å². The van der Waals surface area contributed by atoms with Crippen molar-refractivity contribution in [2.45, 2.75) is 13.0 Å². The van der Waals surface area contributed by atoms with Gasteiger partial charge in [0.2, 0.25) is 5.91 Å². The van der Waals surface area contributed by atoms with Gasteiger partial charge in [0, 0.05) is 11.6 Å². The SMILES string of the molecule is O=C(O)c1scc2c1C(=O)N(c1cc(OCc3ccccc3F)ccc1Cl)C(=O)C2. The first-order valence-corrected chi connectivity index (χ1v) is 9.99. The number of halogens is 2. The first-order chi connectivity index (χ1) is 14.4. The van der Waals surface area contributed by atoms with Crippen molar-refractivity contribution in [2.75, 3.05) is 4.90 Å². The van der Waals surface area contributed by atoms with Crippen molar-refractivity contribution in [3.63, 3.8) is 0 Å². The molecule has 1 N–H and O–H groups in total. The molecule has 2 heterocycles. The Kier molecular flexibility index (Phi) is 5.27. The van der Waals surface area contributed by atoms with E-state index in [0.29, 0.717) is 11.1 Å². The summed E-state index contributed by atoms with van der Waals surface area (Å²) in [5, 5.41) is 11.0. The molecule has 6 nitrogen and oxygen atoms in total. The minimum atomic E-state index is -1.24. The van der Waals surface area contributed by atoms with E-state index in [-0.39, 0.29) is 39.9 Å². The Morgan fingerprint density at radius 2 is 2.00 bits per heavy atom. The number of fused-ring (bicyclic) bond motifs is 1. The second-order valence-corrected chi connectivity index (χ2v) is 7.76. The lowest BCUT2D eigenvalue weighted by Gasteiger charge is -2.26.